The van der Waals surface area contributed by atoms with Gasteiger partial charge in [0.05, 0.1) is 0 Å². The fourth-order valence-corrected chi connectivity index (χ4v) is 3.76. The SMILES string of the molecule is CCCCCCCCCCCCCCCCCCC(=O)N[C@H](C(=O)O)[C@@H](C)CC. The van der Waals surface area contributed by atoms with Crippen molar-refractivity contribution in [1.82, 2.24) is 5.32 Å². The zero-order chi connectivity index (χ0) is 21.7. The molecule has 0 spiro atoms. The van der Waals surface area contributed by atoms with Gasteiger partial charge in [0.1, 0.15) is 6.04 Å². The number of nitrogens with one attached hydrogen (secondary N) is 1. The first-order chi connectivity index (χ1) is 14.0. The molecule has 29 heavy (non-hydrogen) atoms. The molecule has 0 bridgehead atoms. The Labute approximate surface area is 180 Å². The van der Waals surface area contributed by atoms with Crippen molar-refractivity contribution in [2.24, 2.45) is 5.92 Å². The van der Waals surface area contributed by atoms with Gasteiger partial charge < -0.3 is 10.4 Å². The maximum atomic E-state index is 12.0. The van der Waals surface area contributed by atoms with Crippen LogP contribution in [0.5, 0.6) is 0 Å². The highest BCUT2D eigenvalue weighted by molar-refractivity contribution is 5.83. The van der Waals surface area contributed by atoms with Gasteiger partial charge in [-0.1, -0.05) is 124 Å². The number of rotatable bonds is 21. The molecular weight excluding hydrogens is 362 g/mol. The maximum Gasteiger partial charge on any atom is 0.326 e. The average Bonchev–Trinajstić information content (AvgIpc) is 2.70. The van der Waals surface area contributed by atoms with Gasteiger partial charge in [0.2, 0.25) is 5.91 Å². The zero-order valence-corrected chi connectivity index (χ0v) is 19.6. The molecular formula is C25H49NO3. The lowest BCUT2D eigenvalue weighted by Gasteiger charge is -2.20. The van der Waals surface area contributed by atoms with E-state index in [4.69, 9.17) is 0 Å². The van der Waals surface area contributed by atoms with Crippen LogP contribution in [0, 0.1) is 5.92 Å². The minimum atomic E-state index is -0.931. The predicted molar refractivity (Wildman–Crippen MR) is 123 cm³/mol. The Kier molecular flexibility index (Phi) is 19.5. The van der Waals surface area contributed by atoms with Gasteiger partial charge in [-0.25, -0.2) is 4.79 Å². The Morgan fingerprint density at radius 3 is 1.41 bits per heavy atom. The van der Waals surface area contributed by atoms with Crippen molar-refractivity contribution in [2.45, 2.75) is 142 Å². The third-order valence-electron chi connectivity index (χ3n) is 6.05. The molecule has 0 aromatic carbocycles. The Bertz CT molecular complexity index is 398. The zero-order valence-electron chi connectivity index (χ0n) is 19.6. The van der Waals surface area contributed by atoms with Crippen LogP contribution in [0.25, 0.3) is 0 Å². The van der Waals surface area contributed by atoms with Gasteiger partial charge in [-0.3, -0.25) is 4.79 Å². The first-order valence-corrected chi connectivity index (χ1v) is 12.5. The molecule has 172 valence electrons. The van der Waals surface area contributed by atoms with E-state index >= 15 is 0 Å². The largest absolute Gasteiger partial charge is 0.480 e. The number of hydrogen-bond donors (Lipinski definition) is 2. The second-order valence-corrected chi connectivity index (χ2v) is 8.82. The second-order valence-electron chi connectivity index (χ2n) is 8.82. The molecule has 0 saturated heterocycles. The predicted octanol–water partition coefficient (Wildman–Crippen LogP) is 7.25. The van der Waals surface area contributed by atoms with E-state index in [9.17, 15) is 14.7 Å². The Balaban J connectivity index is 3.40. The van der Waals surface area contributed by atoms with Gasteiger partial charge in [-0.2, -0.15) is 0 Å². The van der Waals surface area contributed by atoms with Crippen LogP contribution in [-0.4, -0.2) is 23.0 Å². The van der Waals surface area contributed by atoms with Crippen molar-refractivity contribution < 1.29 is 14.7 Å². The normalized spacial score (nSPS) is 13.2. The quantitative estimate of drug-likeness (QED) is 0.195. The van der Waals surface area contributed by atoms with Crippen molar-refractivity contribution in [3.05, 3.63) is 0 Å². The average molecular weight is 412 g/mol. The van der Waals surface area contributed by atoms with E-state index in [0.717, 1.165) is 19.3 Å². The maximum absolute atomic E-state index is 12.0. The third-order valence-corrected chi connectivity index (χ3v) is 6.05. The van der Waals surface area contributed by atoms with Gasteiger partial charge in [0.25, 0.3) is 0 Å². The van der Waals surface area contributed by atoms with Gasteiger partial charge in [-0.05, 0) is 12.3 Å². The van der Waals surface area contributed by atoms with Crippen molar-refractivity contribution in [2.75, 3.05) is 0 Å². The number of hydrogen-bond acceptors (Lipinski definition) is 2. The third kappa shape index (κ3) is 17.5. The smallest absolute Gasteiger partial charge is 0.326 e. The number of carboxylic acids is 1. The molecule has 0 rings (SSSR count). The van der Waals surface area contributed by atoms with Crippen molar-refractivity contribution in [3.63, 3.8) is 0 Å². The van der Waals surface area contributed by atoms with Gasteiger partial charge >= 0.3 is 5.97 Å². The van der Waals surface area contributed by atoms with E-state index in [0.29, 0.717) is 6.42 Å². The number of aliphatic carboxylic acids is 1. The number of carboxylic acid groups (broad SMARTS) is 1. The number of amides is 1. The summed E-state index contributed by atoms with van der Waals surface area (Å²) in [7, 11) is 0. The van der Waals surface area contributed by atoms with Crippen molar-refractivity contribution >= 4 is 11.9 Å². The molecule has 0 aromatic rings. The van der Waals surface area contributed by atoms with Crippen LogP contribution in [-0.2, 0) is 9.59 Å². The summed E-state index contributed by atoms with van der Waals surface area (Å²) in [5, 5.41) is 11.9. The van der Waals surface area contributed by atoms with Crippen LogP contribution >= 0.6 is 0 Å². The molecule has 0 saturated carbocycles. The molecule has 0 fully saturated rings. The molecule has 1 amide bonds. The van der Waals surface area contributed by atoms with Crippen molar-refractivity contribution in [3.8, 4) is 0 Å². The molecule has 0 radical (unpaired) electrons. The summed E-state index contributed by atoms with van der Waals surface area (Å²) in [5.41, 5.74) is 0. The molecule has 4 heteroatoms. The highest BCUT2D eigenvalue weighted by atomic mass is 16.4. The highest BCUT2D eigenvalue weighted by Crippen LogP contribution is 2.14. The Morgan fingerprint density at radius 1 is 0.690 bits per heavy atom. The van der Waals surface area contributed by atoms with E-state index in [1.165, 1.54) is 89.9 Å². The van der Waals surface area contributed by atoms with E-state index in [-0.39, 0.29) is 11.8 Å². The minimum absolute atomic E-state index is 0.0396. The van der Waals surface area contributed by atoms with Gasteiger partial charge in [0, 0.05) is 6.42 Å². The fraction of sp³-hybridized carbons (Fsp3) is 0.920. The lowest BCUT2D eigenvalue weighted by atomic mass is 9.99. The summed E-state index contributed by atoms with van der Waals surface area (Å²) in [6.45, 7) is 6.09. The monoisotopic (exact) mass is 411 g/mol. The molecule has 0 aliphatic rings. The van der Waals surface area contributed by atoms with E-state index in [1.54, 1.807) is 0 Å². The molecule has 0 heterocycles. The summed E-state index contributed by atoms with van der Waals surface area (Å²) in [4.78, 5) is 23.2. The van der Waals surface area contributed by atoms with Crippen LogP contribution in [0.15, 0.2) is 0 Å². The van der Waals surface area contributed by atoms with E-state index in [1.807, 2.05) is 13.8 Å². The fourth-order valence-electron chi connectivity index (χ4n) is 3.76. The summed E-state index contributed by atoms with van der Waals surface area (Å²) < 4.78 is 0. The molecule has 0 aliphatic heterocycles. The van der Waals surface area contributed by atoms with Crippen LogP contribution in [0.3, 0.4) is 0 Å². The molecule has 0 unspecified atom stereocenters. The summed E-state index contributed by atoms with van der Waals surface area (Å²) in [6.07, 6.45) is 22.2. The number of unbranched alkanes of at least 4 members (excludes halogenated alkanes) is 15. The number of carbonyl (C=O) groups is 2. The molecule has 4 nitrogen and oxygen atoms in total. The van der Waals surface area contributed by atoms with Crippen LogP contribution in [0.4, 0.5) is 0 Å². The van der Waals surface area contributed by atoms with Crippen LogP contribution in [0.1, 0.15) is 136 Å². The highest BCUT2D eigenvalue weighted by Gasteiger charge is 2.24. The topological polar surface area (TPSA) is 66.4 Å². The summed E-state index contributed by atoms with van der Waals surface area (Å²) in [5.74, 6) is -1.09. The molecule has 2 atom stereocenters. The second kappa shape index (κ2) is 20.2. The van der Waals surface area contributed by atoms with Crippen LogP contribution < -0.4 is 5.32 Å². The van der Waals surface area contributed by atoms with Gasteiger partial charge in [0.15, 0.2) is 0 Å². The minimum Gasteiger partial charge on any atom is -0.480 e. The first kappa shape index (κ1) is 27.9. The lowest BCUT2D eigenvalue weighted by molar-refractivity contribution is -0.143. The van der Waals surface area contributed by atoms with E-state index < -0.39 is 12.0 Å². The summed E-state index contributed by atoms with van der Waals surface area (Å²) >= 11 is 0. The Morgan fingerprint density at radius 2 is 1.07 bits per heavy atom. The molecule has 0 aromatic heterocycles. The Hall–Kier alpha value is -1.06. The summed E-state index contributed by atoms with van der Waals surface area (Å²) in [6, 6.07) is -0.756. The standard InChI is InChI=1S/C25H49NO3/c1-4-6-7-8-9-10-11-12-13-14-15-16-17-18-19-20-21-23(27)26-24(25(28)29)22(3)5-2/h22,24H,4-21H2,1-3H3,(H,26,27)(H,28,29)/t22-,24-/m0/s1. The van der Waals surface area contributed by atoms with Crippen molar-refractivity contribution in [1.29, 1.82) is 0 Å². The number of carbonyl (C=O) groups excluding carboxylic acids is 1. The molecule has 0 aliphatic carbocycles. The first-order valence-electron chi connectivity index (χ1n) is 12.5. The lowest BCUT2D eigenvalue weighted by Crippen LogP contribution is -2.44. The van der Waals surface area contributed by atoms with Crippen LogP contribution in [0.2, 0.25) is 0 Å². The van der Waals surface area contributed by atoms with Gasteiger partial charge in [-0.15, -0.1) is 0 Å². The molecule has 2 N–H and O–H groups in total. The van der Waals surface area contributed by atoms with E-state index in [2.05, 4.69) is 12.2 Å².